The smallest absolute Gasteiger partial charge is 0.164 e. The largest absolute Gasteiger partial charge is 0.375 e. The minimum Gasteiger partial charge on any atom is -0.375 e. The highest BCUT2D eigenvalue weighted by Crippen LogP contribution is 2.38. The molecular formula is C12H16N2OS. The molecule has 3 nitrogen and oxygen atoms in total. The molecule has 3 aliphatic rings. The molecule has 1 fully saturated rings. The van der Waals surface area contributed by atoms with Crippen molar-refractivity contribution in [3.63, 3.8) is 0 Å². The SMILES string of the molecule is COC1(C)CN(C2=NC3=CC=CCC3S2)C1. The molecule has 4 heteroatoms. The molecule has 1 aliphatic carbocycles. The Morgan fingerprint density at radius 1 is 1.56 bits per heavy atom. The highest BCUT2D eigenvalue weighted by Gasteiger charge is 2.42. The third-order valence-electron chi connectivity index (χ3n) is 3.37. The van der Waals surface area contributed by atoms with Crippen LogP contribution in [0.25, 0.3) is 0 Å². The van der Waals surface area contributed by atoms with Crippen LogP contribution in [0, 0.1) is 0 Å². The van der Waals surface area contributed by atoms with Crippen molar-refractivity contribution in [3.05, 3.63) is 23.9 Å². The number of nitrogens with zero attached hydrogens (tertiary/aromatic N) is 2. The van der Waals surface area contributed by atoms with Crippen LogP contribution in [0.15, 0.2) is 28.9 Å². The number of likely N-dealkylation sites (tertiary alicyclic amines) is 1. The van der Waals surface area contributed by atoms with Crippen molar-refractivity contribution in [2.45, 2.75) is 24.2 Å². The average Bonchev–Trinajstić information content (AvgIpc) is 2.67. The lowest BCUT2D eigenvalue weighted by molar-refractivity contribution is -0.0815. The van der Waals surface area contributed by atoms with Gasteiger partial charge in [-0.15, -0.1) is 0 Å². The van der Waals surface area contributed by atoms with Crippen LogP contribution in [0.2, 0.25) is 0 Å². The number of rotatable bonds is 1. The number of hydrogen-bond donors (Lipinski definition) is 0. The molecule has 2 aliphatic heterocycles. The fraction of sp³-hybridized carbons (Fsp3) is 0.583. The predicted molar refractivity (Wildman–Crippen MR) is 67.6 cm³/mol. The van der Waals surface area contributed by atoms with Crippen molar-refractivity contribution < 1.29 is 4.74 Å². The third kappa shape index (κ3) is 1.60. The van der Waals surface area contributed by atoms with Crippen LogP contribution in [-0.2, 0) is 4.74 Å². The molecule has 0 spiro atoms. The molecule has 1 unspecified atom stereocenters. The maximum absolute atomic E-state index is 5.45. The average molecular weight is 236 g/mol. The number of aliphatic imine (C=N–C) groups is 1. The van der Waals surface area contributed by atoms with Crippen molar-refractivity contribution >= 4 is 16.9 Å². The summed E-state index contributed by atoms with van der Waals surface area (Å²) in [5.74, 6) is 0. The second-order valence-electron chi connectivity index (χ2n) is 4.77. The van der Waals surface area contributed by atoms with E-state index >= 15 is 0 Å². The number of hydrogen-bond acceptors (Lipinski definition) is 4. The second-order valence-corrected chi connectivity index (χ2v) is 5.94. The maximum Gasteiger partial charge on any atom is 0.164 e. The number of methoxy groups -OCH3 is 1. The summed E-state index contributed by atoms with van der Waals surface area (Å²) in [6.07, 6.45) is 7.56. The summed E-state index contributed by atoms with van der Waals surface area (Å²) < 4.78 is 5.45. The number of thioether (sulfide) groups is 1. The Balaban J connectivity index is 1.69. The van der Waals surface area contributed by atoms with E-state index in [1.165, 1.54) is 10.9 Å². The molecular weight excluding hydrogens is 220 g/mol. The monoisotopic (exact) mass is 236 g/mol. The summed E-state index contributed by atoms with van der Waals surface area (Å²) in [5, 5.41) is 1.73. The maximum atomic E-state index is 5.45. The zero-order valence-corrected chi connectivity index (χ0v) is 10.5. The molecule has 0 aromatic rings. The zero-order valence-electron chi connectivity index (χ0n) is 9.64. The Morgan fingerprint density at radius 3 is 3.06 bits per heavy atom. The first kappa shape index (κ1) is 10.4. The van der Waals surface area contributed by atoms with E-state index in [9.17, 15) is 0 Å². The van der Waals surface area contributed by atoms with Crippen LogP contribution in [0.1, 0.15) is 13.3 Å². The van der Waals surface area contributed by atoms with Gasteiger partial charge in [-0.1, -0.05) is 23.9 Å². The number of ether oxygens (including phenoxy) is 1. The molecule has 3 rings (SSSR count). The van der Waals surface area contributed by atoms with E-state index in [0.29, 0.717) is 5.25 Å². The predicted octanol–water partition coefficient (Wildman–Crippen LogP) is 2.02. The van der Waals surface area contributed by atoms with Gasteiger partial charge in [0.1, 0.15) is 0 Å². The molecule has 0 radical (unpaired) electrons. The van der Waals surface area contributed by atoms with Gasteiger partial charge in [0.2, 0.25) is 0 Å². The Morgan fingerprint density at radius 2 is 2.38 bits per heavy atom. The summed E-state index contributed by atoms with van der Waals surface area (Å²) in [6, 6.07) is 0. The minimum absolute atomic E-state index is 0.0312. The topological polar surface area (TPSA) is 24.8 Å². The van der Waals surface area contributed by atoms with E-state index in [4.69, 9.17) is 9.73 Å². The van der Waals surface area contributed by atoms with Crippen LogP contribution in [0.4, 0.5) is 0 Å². The molecule has 0 aromatic carbocycles. The fourth-order valence-corrected chi connectivity index (χ4v) is 3.40. The van der Waals surface area contributed by atoms with Crippen LogP contribution in [-0.4, -0.2) is 41.1 Å². The third-order valence-corrected chi connectivity index (χ3v) is 4.65. The standard InChI is InChI=1S/C12H16N2OS/c1-12(15-2)7-14(8-12)11-13-9-5-3-4-6-10(9)16-11/h3-5,10H,6-8H2,1-2H3. The van der Waals surface area contributed by atoms with Crippen molar-refractivity contribution in [3.8, 4) is 0 Å². The van der Waals surface area contributed by atoms with Crippen LogP contribution in [0.3, 0.4) is 0 Å². The van der Waals surface area contributed by atoms with Crippen LogP contribution < -0.4 is 0 Å². The van der Waals surface area contributed by atoms with Crippen LogP contribution >= 0.6 is 11.8 Å². The lowest BCUT2D eigenvalue weighted by Crippen LogP contribution is -2.62. The van der Waals surface area contributed by atoms with Gasteiger partial charge >= 0.3 is 0 Å². The van der Waals surface area contributed by atoms with Gasteiger partial charge in [0.25, 0.3) is 0 Å². The number of allylic oxidation sites excluding steroid dienone is 3. The second kappa shape index (κ2) is 3.64. The summed E-state index contributed by atoms with van der Waals surface area (Å²) in [7, 11) is 1.78. The van der Waals surface area contributed by atoms with E-state index in [-0.39, 0.29) is 5.60 Å². The van der Waals surface area contributed by atoms with Crippen molar-refractivity contribution in [1.29, 1.82) is 0 Å². The lowest BCUT2D eigenvalue weighted by atomic mass is 9.97. The summed E-state index contributed by atoms with van der Waals surface area (Å²) in [5.41, 5.74) is 1.26. The van der Waals surface area contributed by atoms with E-state index in [2.05, 4.69) is 30.1 Å². The molecule has 0 saturated carbocycles. The van der Waals surface area contributed by atoms with Crippen molar-refractivity contribution in [2.24, 2.45) is 4.99 Å². The van der Waals surface area contributed by atoms with E-state index in [1.54, 1.807) is 7.11 Å². The van der Waals surface area contributed by atoms with Crippen LogP contribution in [0.5, 0.6) is 0 Å². The van der Waals surface area contributed by atoms with Gasteiger partial charge in [0.15, 0.2) is 5.17 Å². The fourth-order valence-electron chi connectivity index (χ4n) is 2.25. The Kier molecular flexibility index (Phi) is 2.37. The molecule has 1 atom stereocenters. The highest BCUT2D eigenvalue weighted by molar-refractivity contribution is 8.14. The molecule has 0 aromatic heterocycles. The molecule has 1 saturated heterocycles. The first-order chi connectivity index (χ1) is 7.70. The molecule has 2 heterocycles. The number of fused-ring (bicyclic) bond motifs is 1. The van der Waals surface area contributed by atoms with Crippen molar-refractivity contribution in [1.82, 2.24) is 4.90 Å². The summed E-state index contributed by atoms with van der Waals surface area (Å²) in [6.45, 7) is 4.07. The van der Waals surface area contributed by atoms with Gasteiger partial charge in [0, 0.05) is 7.11 Å². The van der Waals surface area contributed by atoms with Gasteiger partial charge in [-0.25, -0.2) is 4.99 Å². The summed E-state index contributed by atoms with van der Waals surface area (Å²) in [4.78, 5) is 7.00. The van der Waals surface area contributed by atoms with Gasteiger partial charge in [-0.3, -0.25) is 0 Å². The van der Waals surface area contributed by atoms with Gasteiger partial charge in [-0.05, 0) is 19.4 Å². The van der Waals surface area contributed by atoms with E-state index in [0.717, 1.165) is 19.5 Å². The molecule has 0 amide bonds. The zero-order chi connectivity index (χ0) is 11.2. The quantitative estimate of drug-likeness (QED) is 0.696. The van der Waals surface area contributed by atoms with Gasteiger partial charge in [-0.2, -0.15) is 0 Å². The van der Waals surface area contributed by atoms with E-state index < -0.39 is 0 Å². The van der Waals surface area contributed by atoms with Crippen molar-refractivity contribution in [2.75, 3.05) is 20.2 Å². The van der Waals surface area contributed by atoms with Gasteiger partial charge in [0.05, 0.1) is 29.6 Å². The van der Waals surface area contributed by atoms with E-state index in [1.807, 2.05) is 11.8 Å². The molecule has 0 bridgehead atoms. The normalized spacial score (nSPS) is 30.6. The highest BCUT2D eigenvalue weighted by atomic mass is 32.2. The molecule has 86 valence electrons. The first-order valence-corrected chi connectivity index (χ1v) is 6.50. The Bertz CT molecular complexity index is 394. The Labute approximate surface area is 100 Å². The first-order valence-electron chi connectivity index (χ1n) is 5.62. The van der Waals surface area contributed by atoms with Gasteiger partial charge < -0.3 is 9.64 Å². The molecule has 0 N–H and O–H groups in total. The Hall–Kier alpha value is -0.740. The summed E-state index contributed by atoms with van der Waals surface area (Å²) >= 11 is 1.89. The molecule has 16 heavy (non-hydrogen) atoms. The lowest BCUT2D eigenvalue weighted by Gasteiger charge is -2.47. The minimum atomic E-state index is 0.0312. The number of amidine groups is 1.